The fourth-order valence-corrected chi connectivity index (χ4v) is 4.41. The molecule has 0 heterocycles. The predicted molar refractivity (Wildman–Crippen MR) is 73.1 cm³/mol. The number of sulfonamides is 1. The molecule has 0 radical (unpaired) electrons. The van der Waals surface area contributed by atoms with E-state index in [-0.39, 0.29) is 10.0 Å². The normalized spacial score (nSPS) is 12.3. The number of benzene rings is 1. The van der Waals surface area contributed by atoms with Gasteiger partial charge in [0.05, 0.1) is 26.5 Å². The van der Waals surface area contributed by atoms with E-state index in [9.17, 15) is 26.9 Å². The molecule has 20 heavy (non-hydrogen) atoms. The number of nitro groups is 1. The molecule has 0 aliphatic rings. The van der Waals surface area contributed by atoms with Gasteiger partial charge in [0.1, 0.15) is 4.90 Å². The third-order valence-electron chi connectivity index (χ3n) is 2.17. The zero-order chi connectivity index (χ0) is 15.7. The van der Waals surface area contributed by atoms with Gasteiger partial charge in [0.2, 0.25) is 10.0 Å². The molecule has 12 heteroatoms. The number of primary sulfonamides is 1. The van der Waals surface area contributed by atoms with Crippen molar-refractivity contribution in [2.75, 3.05) is 11.5 Å². The molecular formula is C8H8Cl2N2O6S2. The molecule has 0 atom stereocenters. The van der Waals surface area contributed by atoms with Gasteiger partial charge in [-0.3, -0.25) is 10.1 Å². The molecule has 1 aromatic carbocycles. The first kappa shape index (κ1) is 17.1. The van der Waals surface area contributed by atoms with E-state index in [2.05, 4.69) is 0 Å². The first-order valence-corrected chi connectivity index (χ1v) is 8.93. The van der Waals surface area contributed by atoms with Crippen molar-refractivity contribution in [1.82, 2.24) is 0 Å². The number of rotatable bonds is 5. The molecule has 8 nitrogen and oxygen atoms in total. The lowest BCUT2D eigenvalue weighted by Crippen LogP contribution is -2.23. The fourth-order valence-electron chi connectivity index (χ4n) is 1.25. The van der Waals surface area contributed by atoms with Gasteiger partial charge in [-0.15, -0.1) is 0 Å². The molecule has 112 valence electrons. The van der Waals surface area contributed by atoms with Gasteiger partial charge in [-0.05, 0) is 6.07 Å². The third kappa shape index (κ3) is 4.28. The Bertz CT molecular complexity index is 759. The van der Waals surface area contributed by atoms with Crippen molar-refractivity contribution in [3.05, 3.63) is 32.3 Å². The summed E-state index contributed by atoms with van der Waals surface area (Å²) in [7, 11) is -8.28. The molecular weight excluding hydrogens is 355 g/mol. The Labute approximate surface area is 124 Å². The van der Waals surface area contributed by atoms with Crippen LogP contribution in [0.15, 0.2) is 17.0 Å². The Hall–Kier alpha value is -0.940. The van der Waals surface area contributed by atoms with E-state index in [1.165, 1.54) is 0 Å². The van der Waals surface area contributed by atoms with Gasteiger partial charge in [-0.2, -0.15) is 0 Å². The molecule has 0 amide bonds. The number of hydrogen-bond acceptors (Lipinski definition) is 6. The Morgan fingerprint density at radius 1 is 1.10 bits per heavy atom. The second-order valence-corrected chi connectivity index (χ2v) is 8.30. The Balaban J connectivity index is 3.37. The minimum Gasteiger partial charge on any atom is -0.258 e. The van der Waals surface area contributed by atoms with Crippen molar-refractivity contribution in [3.63, 3.8) is 0 Å². The molecule has 0 fully saturated rings. The van der Waals surface area contributed by atoms with Crippen molar-refractivity contribution in [1.29, 1.82) is 0 Å². The van der Waals surface area contributed by atoms with Crippen LogP contribution in [0.5, 0.6) is 0 Å². The topological polar surface area (TPSA) is 137 Å². The van der Waals surface area contributed by atoms with Crippen LogP contribution < -0.4 is 5.14 Å². The average molecular weight is 363 g/mol. The van der Waals surface area contributed by atoms with Crippen LogP contribution in [0.2, 0.25) is 10.0 Å². The SMILES string of the molecule is NS(=O)(=O)CCS(=O)(=O)c1cc(Cl)c(Cl)cc1[N+](=O)[O-]. The number of halogens is 2. The Kier molecular flexibility index (Phi) is 4.98. The third-order valence-corrected chi connectivity index (χ3v) is 5.66. The molecule has 0 aliphatic heterocycles. The molecule has 1 aromatic rings. The molecule has 0 spiro atoms. The van der Waals surface area contributed by atoms with Crippen molar-refractivity contribution in [3.8, 4) is 0 Å². The molecule has 2 N–H and O–H groups in total. The fraction of sp³-hybridized carbons (Fsp3) is 0.250. The van der Waals surface area contributed by atoms with E-state index in [4.69, 9.17) is 28.3 Å². The number of sulfone groups is 1. The minimum atomic E-state index is -4.25. The van der Waals surface area contributed by atoms with Crippen molar-refractivity contribution in [2.24, 2.45) is 5.14 Å². The van der Waals surface area contributed by atoms with E-state index in [1.54, 1.807) is 0 Å². The number of nitrogens with two attached hydrogens (primary N) is 1. The molecule has 0 aliphatic carbocycles. The van der Waals surface area contributed by atoms with Crippen LogP contribution >= 0.6 is 23.2 Å². The molecule has 0 saturated carbocycles. The maximum absolute atomic E-state index is 11.9. The maximum atomic E-state index is 11.9. The van der Waals surface area contributed by atoms with Crippen LogP contribution in [-0.4, -0.2) is 33.3 Å². The summed E-state index contributed by atoms with van der Waals surface area (Å²) >= 11 is 11.2. The van der Waals surface area contributed by atoms with Crippen molar-refractivity contribution < 1.29 is 21.8 Å². The second kappa shape index (κ2) is 5.82. The summed E-state index contributed by atoms with van der Waals surface area (Å²) in [5.74, 6) is -1.77. The summed E-state index contributed by atoms with van der Waals surface area (Å²) in [5.41, 5.74) is -0.784. The highest BCUT2D eigenvalue weighted by atomic mass is 35.5. The average Bonchev–Trinajstić information content (AvgIpc) is 2.28. The predicted octanol–water partition coefficient (Wildman–Crippen LogP) is 0.964. The van der Waals surface area contributed by atoms with E-state index in [0.717, 1.165) is 12.1 Å². The Morgan fingerprint density at radius 3 is 2.05 bits per heavy atom. The van der Waals surface area contributed by atoms with Gasteiger partial charge in [-0.1, -0.05) is 23.2 Å². The Morgan fingerprint density at radius 2 is 1.60 bits per heavy atom. The van der Waals surface area contributed by atoms with Gasteiger partial charge in [0, 0.05) is 6.07 Å². The zero-order valence-corrected chi connectivity index (χ0v) is 12.8. The number of nitro benzene ring substituents is 1. The summed E-state index contributed by atoms with van der Waals surface area (Å²) in [6.07, 6.45) is 0. The smallest absolute Gasteiger partial charge is 0.258 e. The lowest BCUT2D eigenvalue weighted by Gasteiger charge is -2.06. The van der Waals surface area contributed by atoms with Gasteiger partial charge in [0.25, 0.3) is 5.69 Å². The van der Waals surface area contributed by atoms with Crippen LogP contribution in [0.25, 0.3) is 0 Å². The number of nitrogens with zero attached hydrogens (tertiary/aromatic N) is 1. The van der Waals surface area contributed by atoms with E-state index >= 15 is 0 Å². The van der Waals surface area contributed by atoms with Crippen LogP contribution in [0.3, 0.4) is 0 Å². The van der Waals surface area contributed by atoms with Crippen LogP contribution in [0.1, 0.15) is 0 Å². The lowest BCUT2D eigenvalue weighted by molar-refractivity contribution is -0.387. The largest absolute Gasteiger partial charge is 0.289 e. The molecule has 1 rings (SSSR count). The van der Waals surface area contributed by atoms with E-state index in [1.807, 2.05) is 0 Å². The van der Waals surface area contributed by atoms with Crippen LogP contribution in [0, 0.1) is 10.1 Å². The summed E-state index contributed by atoms with van der Waals surface area (Å²) in [5, 5.41) is 15.1. The van der Waals surface area contributed by atoms with Gasteiger partial charge in [0.15, 0.2) is 9.84 Å². The van der Waals surface area contributed by atoms with Crippen LogP contribution in [0.4, 0.5) is 5.69 Å². The maximum Gasteiger partial charge on any atom is 0.289 e. The zero-order valence-electron chi connectivity index (χ0n) is 9.62. The molecule has 0 saturated heterocycles. The number of hydrogen-bond donors (Lipinski definition) is 1. The summed E-state index contributed by atoms with van der Waals surface area (Å²) in [4.78, 5) is 9.17. The highest BCUT2D eigenvalue weighted by molar-refractivity contribution is 7.94. The highest BCUT2D eigenvalue weighted by Crippen LogP contribution is 2.33. The summed E-state index contributed by atoms with van der Waals surface area (Å²) < 4.78 is 45.4. The quantitative estimate of drug-likeness (QED) is 0.611. The van der Waals surface area contributed by atoms with Crippen molar-refractivity contribution in [2.45, 2.75) is 4.90 Å². The van der Waals surface area contributed by atoms with Crippen molar-refractivity contribution >= 4 is 48.7 Å². The minimum absolute atomic E-state index is 0.191. The monoisotopic (exact) mass is 362 g/mol. The van der Waals surface area contributed by atoms with Crippen LogP contribution in [-0.2, 0) is 19.9 Å². The molecule has 0 bridgehead atoms. The second-order valence-electron chi connectivity index (χ2n) is 3.68. The lowest BCUT2D eigenvalue weighted by atomic mass is 10.3. The van der Waals surface area contributed by atoms with E-state index in [0.29, 0.717) is 0 Å². The van der Waals surface area contributed by atoms with Gasteiger partial charge < -0.3 is 0 Å². The summed E-state index contributed by atoms with van der Waals surface area (Å²) in [6, 6.07) is 1.59. The highest BCUT2D eigenvalue weighted by Gasteiger charge is 2.28. The molecule has 0 aromatic heterocycles. The first-order chi connectivity index (χ1) is 8.94. The summed E-state index contributed by atoms with van der Waals surface area (Å²) in [6.45, 7) is 0. The van der Waals surface area contributed by atoms with Gasteiger partial charge >= 0.3 is 0 Å². The van der Waals surface area contributed by atoms with E-state index < -0.39 is 46.9 Å². The first-order valence-electron chi connectivity index (χ1n) is 4.81. The standard InChI is InChI=1S/C8H8Cl2N2O6S2/c9-5-3-7(12(13)14)8(4-6(5)10)19(15,16)1-2-20(11,17)18/h3-4H,1-2H2,(H2,11,17,18). The molecule has 0 unspecified atom stereocenters. The van der Waals surface area contributed by atoms with Gasteiger partial charge in [-0.25, -0.2) is 22.0 Å².